The van der Waals surface area contributed by atoms with Crippen LogP contribution in [0.5, 0.6) is 11.6 Å². The van der Waals surface area contributed by atoms with Crippen LogP contribution in [0.15, 0.2) is 59.9 Å². The van der Waals surface area contributed by atoms with Gasteiger partial charge in [-0.2, -0.15) is 0 Å². The minimum atomic E-state index is -0.123. The van der Waals surface area contributed by atoms with Gasteiger partial charge in [0, 0.05) is 12.4 Å². The molecular weight excluding hydrogens is 370 g/mol. The molecule has 0 saturated carbocycles. The number of nitrogens with one attached hydrogen (secondary N) is 1. The molecule has 0 aliphatic heterocycles. The lowest BCUT2D eigenvalue weighted by Gasteiger charge is -2.14. The summed E-state index contributed by atoms with van der Waals surface area (Å²) in [6.45, 7) is 2.14. The Morgan fingerprint density at radius 2 is 1.93 bits per heavy atom. The van der Waals surface area contributed by atoms with Gasteiger partial charge in [0.2, 0.25) is 11.8 Å². The summed E-state index contributed by atoms with van der Waals surface area (Å²) in [5.74, 6) is 1.39. The van der Waals surface area contributed by atoms with E-state index < -0.39 is 0 Å². The number of rotatable bonds is 6. The second kappa shape index (κ2) is 8.44. The van der Waals surface area contributed by atoms with Crippen LogP contribution >= 0.6 is 11.8 Å². The van der Waals surface area contributed by atoms with E-state index in [4.69, 9.17) is 4.74 Å². The van der Waals surface area contributed by atoms with Crippen molar-refractivity contribution in [2.24, 2.45) is 0 Å². The third kappa shape index (κ3) is 4.17. The van der Waals surface area contributed by atoms with Crippen LogP contribution in [0.4, 0.5) is 5.69 Å². The fourth-order valence-corrected chi connectivity index (χ4v) is 4.04. The molecule has 0 unspecified atom stereocenters. The van der Waals surface area contributed by atoms with Gasteiger partial charge in [0.05, 0.1) is 10.8 Å². The zero-order chi connectivity index (χ0) is 19.3. The summed E-state index contributed by atoms with van der Waals surface area (Å²) in [4.78, 5) is 20.9. The Labute approximate surface area is 168 Å². The Kier molecular flexibility index (Phi) is 5.58. The van der Waals surface area contributed by atoms with Gasteiger partial charge in [-0.25, -0.2) is 9.97 Å². The van der Waals surface area contributed by atoms with E-state index in [-0.39, 0.29) is 11.7 Å². The minimum absolute atomic E-state index is 0.123. The molecule has 1 aliphatic rings. The summed E-state index contributed by atoms with van der Waals surface area (Å²) in [5.41, 5.74) is 4.52. The van der Waals surface area contributed by atoms with E-state index in [9.17, 15) is 4.79 Å². The molecule has 4 rings (SSSR count). The molecule has 5 nitrogen and oxygen atoms in total. The first-order valence-electron chi connectivity index (χ1n) is 9.28. The number of thioether (sulfide) groups is 1. The van der Waals surface area contributed by atoms with Gasteiger partial charge in [0.15, 0.2) is 0 Å². The molecule has 2 heterocycles. The maximum atomic E-state index is 12.4. The number of pyridine rings is 2. The number of carbonyl (C=O) groups excluding carboxylic acids is 1. The van der Waals surface area contributed by atoms with Crippen LogP contribution < -0.4 is 10.1 Å². The van der Waals surface area contributed by atoms with Crippen LogP contribution in [0.2, 0.25) is 0 Å². The molecule has 1 aromatic carbocycles. The van der Waals surface area contributed by atoms with E-state index in [1.807, 2.05) is 24.3 Å². The van der Waals surface area contributed by atoms with Crippen molar-refractivity contribution < 1.29 is 9.53 Å². The normalized spacial score (nSPS) is 12.5. The summed E-state index contributed by atoms with van der Waals surface area (Å²) in [5, 5.41) is 3.72. The third-order valence-corrected chi connectivity index (χ3v) is 5.66. The average Bonchev–Trinajstić information content (AvgIpc) is 3.22. The quantitative estimate of drug-likeness (QED) is 0.612. The molecule has 28 heavy (non-hydrogen) atoms. The first kappa shape index (κ1) is 18.5. The molecule has 2 aromatic heterocycles. The number of aromatic nitrogens is 2. The lowest BCUT2D eigenvalue weighted by atomic mass is 10.0. The van der Waals surface area contributed by atoms with Crippen LogP contribution in [-0.2, 0) is 17.6 Å². The number of amides is 1. The molecule has 0 spiro atoms. The maximum absolute atomic E-state index is 12.4. The molecule has 0 bridgehead atoms. The van der Waals surface area contributed by atoms with E-state index in [1.165, 1.54) is 28.5 Å². The Morgan fingerprint density at radius 3 is 2.79 bits per heavy atom. The largest absolute Gasteiger partial charge is 0.437 e. The van der Waals surface area contributed by atoms with E-state index in [2.05, 4.69) is 28.3 Å². The summed E-state index contributed by atoms with van der Waals surface area (Å²) in [6.07, 6.45) is 6.64. The lowest BCUT2D eigenvalue weighted by Crippen LogP contribution is -2.15. The third-order valence-electron chi connectivity index (χ3n) is 4.72. The average molecular weight is 391 g/mol. The van der Waals surface area contributed by atoms with Gasteiger partial charge in [-0.15, -0.1) is 0 Å². The predicted octanol–water partition coefficient (Wildman–Crippen LogP) is 4.80. The summed E-state index contributed by atoms with van der Waals surface area (Å²) in [6, 6.07) is 13.3. The Bertz CT molecular complexity index is 992. The topological polar surface area (TPSA) is 64.1 Å². The molecule has 0 radical (unpaired) electrons. The first-order chi connectivity index (χ1) is 13.7. The van der Waals surface area contributed by atoms with Crippen LogP contribution in [0.1, 0.15) is 23.1 Å². The van der Waals surface area contributed by atoms with Gasteiger partial charge >= 0.3 is 0 Å². The molecule has 142 valence electrons. The lowest BCUT2D eigenvalue weighted by molar-refractivity contribution is -0.113. The predicted molar refractivity (Wildman–Crippen MR) is 111 cm³/mol. The van der Waals surface area contributed by atoms with Crippen LogP contribution in [0, 0.1) is 6.92 Å². The molecule has 1 N–H and O–H groups in total. The Morgan fingerprint density at radius 1 is 1.07 bits per heavy atom. The van der Waals surface area contributed by atoms with Crippen molar-refractivity contribution in [3.8, 4) is 11.6 Å². The van der Waals surface area contributed by atoms with E-state index in [0.29, 0.717) is 11.6 Å². The van der Waals surface area contributed by atoms with Crippen LogP contribution in [0.25, 0.3) is 0 Å². The highest BCUT2D eigenvalue weighted by Gasteiger charge is 2.19. The number of ether oxygens (including phenoxy) is 1. The van der Waals surface area contributed by atoms with Crippen molar-refractivity contribution in [1.82, 2.24) is 9.97 Å². The van der Waals surface area contributed by atoms with E-state index >= 15 is 0 Å². The minimum Gasteiger partial charge on any atom is -0.437 e. The molecule has 3 aromatic rings. The molecule has 0 atom stereocenters. The van der Waals surface area contributed by atoms with Gasteiger partial charge in [-0.05, 0) is 73.2 Å². The second-order valence-corrected chi connectivity index (χ2v) is 7.65. The van der Waals surface area contributed by atoms with Gasteiger partial charge in [0.1, 0.15) is 11.4 Å². The molecule has 0 saturated heterocycles. The first-order valence-corrected chi connectivity index (χ1v) is 10.3. The smallest absolute Gasteiger partial charge is 0.243 e. The van der Waals surface area contributed by atoms with Crippen molar-refractivity contribution in [2.75, 3.05) is 11.1 Å². The van der Waals surface area contributed by atoms with Crippen molar-refractivity contribution in [1.29, 1.82) is 0 Å². The summed E-state index contributed by atoms with van der Waals surface area (Å²) >= 11 is 1.39. The van der Waals surface area contributed by atoms with Crippen LogP contribution in [-0.4, -0.2) is 21.6 Å². The van der Waals surface area contributed by atoms with Gasteiger partial charge in [-0.1, -0.05) is 23.9 Å². The van der Waals surface area contributed by atoms with Gasteiger partial charge in [0.25, 0.3) is 0 Å². The zero-order valence-electron chi connectivity index (χ0n) is 15.6. The SMILES string of the molecule is Cc1ccc(Oc2ncccc2NC(=O)CSc2ccccn2)c2c1CCC2. The summed E-state index contributed by atoms with van der Waals surface area (Å²) < 4.78 is 6.13. The fourth-order valence-electron chi connectivity index (χ4n) is 3.38. The fraction of sp³-hybridized carbons (Fsp3) is 0.227. The van der Waals surface area contributed by atoms with Gasteiger partial charge in [-0.3, -0.25) is 4.79 Å². The molecule has 0 fully saturated rings. The number of nitrogens with zero attached hydrogens (tertiary/aromatic N) is 2. The van der Waals surface area contributed by atoms with Crippen molar-refractivity contribution in [3.63, 3.8) is 0 Å². The molecular formula is C22H21N3O2S. The Balaban J connectivity index is 1.47. The van der Waals surface area contributed by atoms with E-state index in [0.717, 1.165) is 30.0 Å². The van der Waals surface area contributed by atoms with Crippen molar-refractivity contribution >= 4 is 23.4 Å². The number of hydrogen-bond donors (Lipinski definition) is 1. The van der Waals surface area contributed by atoms with E-state index in [1.54, 1.807) is 24.5 Å². The number of anilines is 1. The van der Waals surface area contributed by atoms with Gasteiger partial charge < -0.3 is 10.1 Å². The summed E-state index contributed by atoms with van der Waals surface area (Å²) in [7, 11) is 0. The molecule has 1 amide bonds. The van der Waals surface area contributed by atoms with Crippen molar-refractivity contribution in [3.05, 3.63) is 71.5 Å². The number of benzene rings is 1. The molecule has 6 heteroatoms. The highest BCUT2D eigenvalue weighted by atomic mass is 32.2. The number of hydrogen-bond acceptors (Lipinski definition) is 5. The second-order valence-electron chi connectivity index (χ2n) is 6.65. The van der Waals surface area contributed by atoms with Crippen molar-refractivity contribution in [2.45, 2.75) is 31.2 Å². The monoisotopic (exact) mass is 391 g/mol. The standard InChI is InChI=1S/C22H21N3O2S/c1-15-10-11-19(17-7-4-6-16(15)17)27-22-18(8-5-13-24-22)25-20(26)14-28-21-9-2-3-12-23-21/h2-3,5,8-13H,4,6-7,14H2,1H3,(H,25,26). The number of carbonyl (C=O) groups is 1. The Hall–Kier alpha value is -2.86. The maximum Gasteiger partial charge on any atom is 0.243 e. The molecule has 1 aliphatic carbocycles. The number of fused-ring (bicyclic) bond motifs is 1. The van der Waals surface area contributed by atoms with Crippen LogP contribution in [0.3, 0.4) is 0 Å². The zero-order valence-corrected chi connectivity index (χ0v) is 16.5. The highest BCUT2D eigenvalue weighted by Crippen LogP contribution is 2.36. The highest BCUT2D eigenvalue weighted by molar-refractivity contribution is 7.99. The number of aryl methyl sites for hydroxylation is 1.